The number of carbonyl (C=O) groups excluding carboxylic acids is 1. The normalized spacial score (nSPS) is 15.5. The summed E-state index contributed by atoms with van der Waals surface area (Å²) >= 11 is 5.62. The molecule has 13 heteroatoms. The number of rotatable bonds is 12. The number of aliphatic carboxylic acids is 1. The number of unbranched alkanes of at least 4 members (excludes halogenated alkanes) is 1. The van der Waals surface area contributed by atoms with Crippen molar-refractivity contribution in [1.82, 2.24) is 10.3 Å². The first kappa shape index (κ1) is 32.5. The Hall–Kier alpha value is -3.06. The highest BCUT2D eigenvalue weighted by Crippen LogP contribution is 2.46. The number of halogens is 3. The van der Waals surface area contributed by atoms with Gasteiger partial charge in [0.25, 0.3) is 5.91 Å². The summed E-state index contributed by atoms with van der Waals surface area (Å²) in [6, 6.07) is 5.97. The highest BCUT2D eigenvalue weighted by atomic mass is 32.2. The first-order valence-electron chi connectivity index (χ1n) is 13.2. The van der Waals surface area contributed by atoms with E-state index in [1.54, 1.807) is 12.1 Å². The fraction of sp³-hybridized carbons (Fsp3) is 0.500. The van der Waals surface area contributed by atoms with Crippen LogP contribution in [0.15, 0.2) is 30.3 Å². The molecule has 1 aromatic carbocycles. The minimum atomic E-state index is -4.73. The average Bonchev–Trinajstić information content (AvgIpc) is 2.81. The first-order valence-corrected chi connectivity index (χ1v) is 15.6. The van der Waals surface area contributed by atoms with E-state index in [0.29, 0.717) is 29.8 Å². The number of pyridine rings is 1. The molecule has 8 nitrogen and oxygen atoms in total. The zero-order chi connectivity index (χ0) is 30.6. The lowest BCUT2D eigenvalue weighted by Gasteiger charge is -2.43. The molecule has 1 aliphatic rings. The van der Waals surface area contributed by atoms with E-state index in [1.165, 1.54) is 32.2 Å². The van der Waals surface area contributed by atoms with Crippen molar-refractivity contribution < 1.29 is 36.3 Å². The van der Waals surface area contributed by atoms with Crippen LogP contribution >= 0.6 is 12.2 Å². The summed E-state index contributed by atoms with van der Waals surface area (Å²) in [4.78, 5) is 29.3. The van der Waals surface area contributed by atoms with Crippen LogP contribution in [-0.2, 0) is 27.2 Å². The highest BCUT2D eigenvalue weighted by Gasteiger charge is 2.41. The Morgan fingerprint density at radius 2 is 1.78 bits per heavy atom. The summed E-state index contributed by atoms with van der Waals surface area (Å²) in [5.41, 5.74) is -1.01. The number of benzene rings is 1. The molecule has 1 unspecified atom stereocenters. The molecule has 0 aliphatic heterocycles. The topological polar surface area (TPSA) is 125 Å². The number of anilines is 1. The van der Waals surface area contributed by atoms with Gasteiger partial charge in [-0.15, -0.1) is 0 Å². The van der Waals surface area contributed by atoms with Gasteiger partial charge in [-0.1, -0.05) is 37.2 Å². The number of alkyl halides is 3. The van der Waals surface area contributed by atoms with Crippen molar-refractivity contribution >= 4 is 44.6 Å². The van der Waals surface area contributed by atoms with Gasteiger partial charge in [0.2, 0.25) is 0 Å². The molecule has 41 heavy (non-hydrogen) atoms. The van der Waals surface area contributed by atoms with E-state index in [-0.39, 0.29) is 34.7 Å². The van der Waals surface area contributed by atoms with E-state index in [1.807, 2.05) is 0 Å². The number of carbonyl (C=O) groups is 2. The van der Waals surface area contributed by atoms with Gasteiger partial charge < -0.3 is 15.7 Å². The van der Waals surface area contributed by atoms with E-state index >= 15 is 0 Å². The number of hydrogen-bond acceptors (Lipinski definition) is 6. The Morgan fingerprint density at radius 3 is 2.29 bits per heavy atom. The summed E-state index contributed by atoms with van der Waals surface area (Å²) in [5.74, 6) is -1.95. The van der Waals surface area contributed by atoms with E-state index in [2.05, 4.69) is 15.6 Å². The van der Waals surface area contributed by atoms with E-state index < -0.39 is 45.1 Å². The SMILES string of the molecule is Cc1cc(C(F)(F)F)c(C(=O)Nc2ccc(CC(NC(=S)C3(CCCCS(C)(=O)=O)CCC3)C(=O)O)cc2)c(C)n1. The third kappa shape index (κ3) is 8.71. The number of thiocarbonyl (C=S) groups is 1. The van der Waals surface area contributed by atoms with Crippen LogP contribution in [0.5, 0.6) is 0 Å². The van der Waals surface area contributed by atoms with Crippen LogP contribution in [-0.4, -0.2) is 53.4 Å². The smallest absolute Gasteiger partial charge is 0.417 e. The fourth-order valence-electron chi connectivity index (χ4n) is 5.03. The number of amides is 1. The maximum Gasteiger partial charge on any atom is 0.417 e. The van der Waals surface area contributed by atoms with Crippen LogP contribution in [0, 0.1) is 19.3 Å². The number of carboxylic acid groups (broad SMARTS) is 1. The van der Waals surface area contributed by atoms with E-state index in [0.717, 1.165) is 25.3 Å². The van der Waals surface area contributed by atoms with Crippen molar-refractivity contribution in [3.8, 4) is 0 Å². The van der Waals surface area contributed by atoms with Gasteiger partial charge in [0, 0.05) is 35.2 Å². The fourth-order valence-corrected chi connectivity index (χ4v) is 6.20. The molecule has 0 spiro atoms. The van der Waals surface area contributed by atoms with E-state index in [9.17, 15) is 36.3 Å². The van der Waals surface area contributed by atoms with E-state index in [4.69, 9.17) is 12.2 Å². The standard InChI is InChI=1S/C28H34F3N3O5S2/c1-17-15-21(28(29,30)31)23(18(2)32-17)24(35)33-20-9-7-19(8-10-20)16-22(25(36)37)34-26(40)27(12-6-13-27)11-4-5-14-41(3,38)39/h7-10,15,22H,4-6,11-14,16H2,1-3H3,(H,33,35)(H,34,40)(H,36,37). The predicted octanol–water partition coefficient (Wildman–Crippen LogP) is 5.27. The third-order valence-corrected chi connectivity index (χ3v) is 8.91. The number of hydrogen-bond donors (Lipinski definition) is 3. The molecule has 1 fully saturated rings. The van der Waals surface area contributed by atoms with Gasteiger partial charge in [0.15, 0.2) is 0 Å². The number of nitrogens with one attached hydrogen (secondary N) is 2. The van der Waals surface area contributed by atoms with Crippen molar-refractivity contribution in [2.45, 2.75) is 71.0 Å². The molecule has 3 N–H and O–H groups in total. The van der Waals surface area contributed by atoms with Crippen molar-refractivity contribution in [1.29, 1.82) is 0 Å². The summed E-state index contributed by atoms with van der Waals surface area (Å²) in [6.45, 7) is 2.76. The largest absolute Gasteiger partial charge is 0.480 e. The molecule has 1 saturated carbocycles. The second-order valence-electron chi connectivity index (χ2n) is 10.7. The number of aryl methyl sites for hydroxylation is 2. The Kier molecular flexibility index (Phi) is 10.2. The Labute approximate surface area is 243 Å². The lowest BCUT2D eigenvalue weighted by Crippen LogP contribution is -2.51. The van der Waals surface area contributed by atoms with Crippen LogP contribution < -0.4 is 10.6 Å². The summed E-state index contributed by atoms with van der Waals surface area (Å²) < 4.78 is 63.5. The number of carboxylic acids is 1. The summed E-state index contributed by atoms with van der Waals surface area (Å²) in [7, 11) is -3.05. The molecule has 0 saturated heterocycles. The van der Waals surface area contributed by atoms with Gasteiger partial charge >= 0.3 is 12.1 Å². The minimum absolute atomic E-state index is 0.0441. The molecular formula is C28H34F3N3O5S2. The summed E-state index contributed by atoms with van der Waals surface area (Å²) in [5, 5.41) is 15.3. The molecule has 3 rings (SSSR count). The number of nitrogens with zero attached hydrogens (tertiary/aromatic N) is 1. The lowest BCUT2D eigenvalue weighted by atomic mass is 9.65. The van der Waals surface area contributed by atoms with Crippen LogP contribution in [0.3, 0.4) is 0 Å². The number of aromatic nitrogens is 1. The third-order valence-electron chi connectivity index (χ3n) is 7.33. The Balaban J connectivity index is 1.65. The molecule has 1 atom stereocenters. The van der Waals surface area contributed by atoms with Gasteiger partial charge in [0.05, 0.1) is 21.8 Å². The van der Waals surface area contributed by atoms with Crippen molar-refractivity contribution in [2.24, 2.45) is 5.41 Å². The van der Waals surface area contributed by atoms with Crippen LogP contribution in [0.2, 0.25) is 0 Å². The highest BCUT2D eigenvalue weighted by molar-refractivity contribution is 7.90. The predicted molar refractivity (Wildman–Crippen MR) is 154 cm³/mol. The second kappa shape index (κ2) is 12.8. The molecule has 1 aliphatic carbocycles. The molecule has 2 aromatic rings. The Bertz CT molecular complexity index is 1410. The lowest BCUT2D eigenvalue weighted by molar-refractivity contribution is -0.139. The van der Waals surface area contributed by atoms with Gasteiger partial charge in [-0.25, -0.2) is 13.2 Å². The quantitative estimate of drug-likeness (QED) is 0.219. The molecule has 0 bridgehead atoms. The molecule has 1 amide bonds. The zero-order valence-corrected chi connectivity index (χ0v) is 24.7. The van der Waals surface area contributed by atoms with Crippen LogP contribution in [0.25, 0.3) is 0 Å². The molecule has 1 aromatic heterocycles. The van der Waals surface area contributed by atoms with Crippen LogP contribution in [0.4, 0.5) is 18.9 Å². The Morgan fingerprint density at radius 1 is 1.15 bits per heavy atom. The maximum absolute atomic E-state index is 13.6. The van der Waals surface area contributed by atoms with Crippen molar-refractivity contribution in [3.63, 3.8) is 0 Å². The molecule has 0 radical (unpaired) electrons. The number of sulfone groups is 1. The molecule has 1 heterocycles. The van der Waals surface area contributed by atoms with Gasteiger partial charge in [0.1, 0.15) is 15.9 Å². The minimum Gasteiger partial charge on any atom is -0.480 e. The second-order valence-corrected chi connectivity index (χ2v) is 13.4. The zero-order valence-electron chi connectivity index (χ0n) is 23.1. The average molecular weight is 614 g/mol. The monoisotopic (exact) mass is 613 g/mol. The molecule has 224 valence electrons. The van der Waals surface area contributed by atoms with Crippen molar-refractivity contribution in [3.05, 3.63) is 58.4 Å². The van der Waals surface area contributed by atoms with Gasteiger partial charge in [-0.05, 0) is 63.3 Å². The van der Waals surface area contributed by atoms with Gasteiger partial charge in [-0.3, -0.25) is 9.78 Å². The van der Waals surface area contributed by atoms with Crippen molar-refractivity contribution in [2.75, 3.05) is 17.3 Å². The van der Waals surface area contributed by atoms with Crippen LogP contribution in [0.1, 0.15) is 71.4 Å². The summed E-state index contributed by atoms with van der Waals surface area (Å²) in [6.07, 6.45) is 0.990. The first-order chi connectivity index (χ1) is 19.0. The van der Waals surface area contributed by atoms with Gasteiger partial charge in [-0.2, -0.15) is 13.2 Å². The maximum atomic E-state index is 13.6. The molecular weight excluding hydrogens is 579 g/mol.